The number of carboxylic acid groups (broad SMARTS) is 1. The highest BCUT2D eigenvalue weighted by Gasteiger charge is 2.57. The van der Waals surface area contributed by atoms with Gasteiger partial charge < -0.3 is 15.3 Å². The first-order valence-electron chi connectivity index (χ1n) is 9.61. The summed E-state index contributed by atoms with van der Waals surface area (Å²) in [6, 6.07) is 12.5. The number of halogens is 1. The fraction of sp³-hybridized carbons (Fsp3) is 0.174. The van der Waals surface area contributed by atoms with Crippen molar-refractivity contribution in [2.75, 3.05) is 17.3 Å². The number of carbonyl (C=O) groups excluding carboxylic acids is 2. The first-order valence-corrected chi connectivity index (χ1v) is 10.8. The monoisotopic (exact) mass is 452 g/mol. The summed E-state index contributed by atoms with van der Waals surface area (Å²) in [7, 11) is 1.69. The molecule has 3 aromatic rings. The number of carboxylic acids is 1. The summed E-state index contributed by atoms with van der Waals surface area (Å²) >= 11 is 7.43. The van der Waals surface area contributed by atoms with E-state index in [0.717, 1.165) is 28.2 Å². The van der Waals surface area contributed by atoms with Crippen LogP contribution in [-0.4, -0.2) is 29.9 Å². The zero-order chi connectivity index (χ0) is 22.1. The molecular weight excluding hydrogens is 436 g/mol. The number of hydrogen-bond donors (Lipinski definition) is 2. The van der Waals surface area contributed by atoms with Crippen LogP contribution in [-0.2, 0) is 15.0 Å². The maximum absolute atomic E-state index is 13.7. The summed E-state index contributed by atoms with van der Waals surface area (Å²) in [4.78, 5) is 40.9. The zero-order valence-corrected chi connectivity index (χ0v) is 18.2. The average Bonchev–Trinajstić information content (AvgIpc) is 3.20. The van der Waals surface area contributed by atoms with E-state index in [-0.39, 0.29) is 23.1 Å². The molecule has 5 rings (SSSR count). The van der Waals surface area contributed by atoms with Crippen molar-refractivity contribution in [2.24, 2.45) is 0 Å². The van der Waals surface area contributed by atoms with Crippen LogP contribution in [0.3, 0.4) is 0 Å². The molecule has 2 aliphatic heterocycles. The smallest absolute Gasteiger partial charge is 0.346 e. The van der Waals surface area contributed by atoms with Gasteiger partial charge in [-0.2, -0.15) is 0 Å². The van der Waals surface area contributed by atoms with E-state index < -0.39 is 11.4 Å². The number of nitrogens with zero attached hydrogens (tertiary/aromatic N) is 1. The van der Waals surface area contributed by atoms with E-state index in [4.69, 9.17) is 11.6 Å². The van der Waals surface area contributed by atoms with Crippen LogP contribution in [0, 0.1) is 6.92 Å². The number of anilines is 2. The average molecular weight is 453 g/mol. The highest BCUT2D eigenvalue weighted by molar-refractivity contribution is 7.15. The normalized spacial score (nSPS) is 19.4. The minimum atomic E-state index is -1.26. The second-order valence-corrected chi connectivity index (χ2v) is 9.19. The topological polar surface area (TPSA) is 86.7 Å². The number of benzene rings is 2. The van der Waals surface area contributed by atoms with Gasteiger partial charge >= 0.3 is 5.97 Å². The molecule has 0 unspecified atom stereocenters. The lowest BCUT2D eigenvalue weighted by molar-refractivity contribution is -0.126. The SMILES string of the molecule is Cc1cccc2c1N(C)C(=O)[C@]21CC(=O)Nc2c1sc(C(=O)O)c2-c1ccccc1Cl. The minimum absolute atomic E-state index is 0.0382. The van der Waals surface area contributed by atoms with Gasteiger partial charge in [0.1, 0.15) is 10.3 Å². The van der Waals surface area contributed by atoms with E-state index in [1.54, 1.807) is 36.2 Å². The van der Waals surface area contributed by atoms with Gasteiger partial charge in [0, 0.05) is 23.2 Å². The molecule has 6 nitrogen and oxygen atoms in total. The van der Waals surface area contributed by atoms with Crippen LogP contribution in [0.2, 0.25) is 5.02 Å². The third-order valence-electron chi connectivity index (χ3n) is 6.03. The van der Waals surface area contributed by atoms with Crippen molar-refractivity contribution < 1.29 is 19.5 Å². The van der Waals surface area contributed by atoms with Crippen LogP contribution < -0.4 is 10.2 Å². The predicted molar refractivity (Wildman–Crippen MR) is 120 cm³/mol. The molecular formula is C23H17ClN2O4S. The van der Waals surface area contributed by atoms with E-state index in [2.05, 4.69) is 5.32 Å². The van der Waals surface area contributed by atoms with Gasteiger partial charge in [0.05, 0.1) is 22.7 Å². The van der Waals surface area contributed by atoms with Crippen molar-refractivity contribution in [1.29, 1.82) is 0 Å². The zero-order valence-electron chi connectivity index (χ0n) is 16.7. The van der Waals surface area contributed by atoms with Gasteiger partial charge in [0.15, 0.2) is 0 Å². The molecule has 31 heavy (non-hydrogen) atoms. The molecule has 1 aromatic heterocycles. The quantitative estimate of drug-likeness (QED) is 0.591. The fourth-order valence-electron chi connectivity index (χ4n) is 4.77. The minimum Gasteiger partial charge on any atom is -0.477 e. The molecule has 1 atom stereocenters. The number of carbonyl (C=O) groups is 3. The van der Waals surface area contributed by atoms with E-state index in [1.165, 1.54) is 0 Å². The first kappa shape index (κ1) is 19.8. The predicted octanol–water partition coefficient (Wildman–Crippen LogP) is 4.68. The Morgan fingerprint density at radius 2 is 1.94 bits per heavy atom. The number of fused-ring (bicyclic) bond motifs is 4. The molecule has 8 heteroatoms. The Bertz CT molecular complexity index is 1310. The number of amides is 2. The maximum atomic E-state index is 13.7. The molecule has 0 aliphatic carbocycles. The lowest BCUT2D eigenvalue weighted by Crippen LogP contribution is -2.45. The number of hydrogen-bond acceptors (Lipinski definition) is 4. The third kappa shape index (κ3) is 2.53. The first-order chi connectivity index (χ1) is 14.8. The molecule has 0 saturated carbocycles. The summed E-state index contributed by atoms with van der Waals surface area (Å²) < 4.78 is 0. The van der Waals surface area contributed by atoms with Crippen LogP contribution in [0.15, 0.2) is 42.5 Å². The Balaban J connectivity index is 1.89. The van der Waals surface area contributed by atoms with Crippen molar-refractivity contribution >= 4 is 52.1 Å². The van der Waals surface area contributed by atoms with Gasteiger partial charge in [-0.1, -0.05) is 48.0 Å². The van der Waals surface area contributed by atoms with Crippen molar-refractivity contribution in [3.05, 3.63) is 68.4 Å². The van der Waals surface area contributed by atoms with Crippen molar-refractivity contribution in [2.45, 2.75) is 18.8 Å². The number of aromatic carboxylic acids is 1. The van der Waals surface area contributed by atoms with Crippen LogP contribution in [0.25, 0.3) is 11.1 Å². The number of thiophene rings is 1. The molecule has 2 amide bonds. The van der Waals surface area contributed by atoms with Gasteiger partial charge in [-0.05, 0) is 24.1 Å². The molecule has 3 heterocycles. The summed E-state index contributed by atoms with van der Waals surface area (Å²) in [6.07, 6.45) is -0.0822. The Morgan fingerprint density at radius 3 is 2.65 bits per heavy atom. The van der Waals surface area contributed by atoms with Gasteiger partial charge in [-0.3, -0.25) is 9.59 Å². The van der Waals surface area contributed by atoms with Gasteiger partial charge in [0.25, 0.3) is 0 Å². The molecule has 156 valence electrons. The molecule has 0 fully saturated rings. The Labute approximate surface area is 187 Å². The summed E-state index contributed by atoms with van der Waals surface area (Å²) in [5, 5.41) is 13.2. The molecule has 2 aliphatic rings. The van der Waals surface area contributed by atoms with Crippen LogP contribution in [0.4, 0.5) is 11.4 Å². The molecule has 2 N–H and O–H groups in total. The second-order valence-electron chi connectivity index (χ2n) is 7.76. The molecule has 2 aromatic carbocycles. The fourth-order valence-corrected chi connectivity index (χ4v) is 6.30. The third-order valence-corrected chi connectivity index (χ3v) is 7.70. The Hall–Kier alpha value is -3.16. The van der Waals surface area contributed by atoms with Crippen molar-refractivity contribution in [1.82, 2.24) is 0 Å². The largest absolute Gasteiger partial charge is 0.477 e. The van der Waals surface area contributed by atoms with Gasteiger partial charge in [-0.15, -0.1) is 11.3 Å². The summed E-state index contributed by atoms with van der Waals surface area (Å²) in [5.41, 5.74) is 2.32. The number of aryl methyl sites for hydroxylation is 1. The van der Waals surface area contributed by atoms with E-state index in [1.807, 2.05) is 25.1 Å². The lowest BCUT2D eigenvalue weighted by Gasteiger charge is -2.32. The molecule has 1 spiro atoms. The van der Waals surface area contributed by atoms with Crippen LogP contribution in [0.1, 0.15) is 32.1 Å². The lowest BCUT2D eigenvalue weighted by atomic mass is 9.74. The number of rotatable bonds is 2. The maximum Gasteiger partial charge on any atom is 0.346 e. The van der Waals surface area contributed by atoms with Crippen LogP contribution in [0.5, 0.6) is 0 Å². The van der Waals surface area contributed by atoms with E-state index >= 15 is 0 Å². The number of nitrogens with one attached hydrogen (secondary N) is 1. The highest BCUT2D eigenvalue weighted by atomic mass is 35.5. The molecule has 0 bridgehead atoms. The standard InChI is InChI=1S/C23H17ClN2O4S/c1-11-6-5-8-13-18(11)26(2)22(30)23(13)10-15(27)25-17-16(12-7-3-4-9-14(12)24)19(21(28)29)31-20(17)23/h3-9H,10H2,1-2H3,(H,25,27)(H,28,29)/t23-/m1/s1. The van der Waals surface area contributed by atoms with Crippen molar-refractivity contribution in [3.63, 3.8) is 0 Å². The summed E-state index contributed by atoms with van der Waals surface area (Å²) in [6.45, 7) is 1.91. The van der Waals surface area contributed by atoms with Gasteiger partial charge in [-0.25, -0.2) is 4.79 Å². The van der Waals surface area contributed by atoms with Gasteiger partial charge in [0.2, 0.25) is 11.8 Å². The number of para-hydroxylation sites is 1. The molecule has 0 saturated heterocycles. The van der Waals surface area contributed by atoms with Crippen LogP contribution >= 0.6 is 22.9 Å². The van der Waals surface area contributed by atoms with E-state index in [0.29, 0.717) is 26.7 Å². The Morgan fingerprint density at radius 1 is 1.19 bits per heavy atom. The van der Waals surface area contributed by atoms with Crippen molar-refractivity contribution in [3.8, 4) is 11.1 Å². The Kier molecular flexibility index (Phi) is 4.26. The van der Waals surface area contributed by atoms with E-state index in [9.17, 15) is 19.5 Å². The number of likely N-dealkylation sites (N-methyl/N-ethyl adjacent to an activating group) is 1. The second kappa shape index (κ2) is 6.67. The molecule has 0 radical (unpaired) electrons. The highest BCUT2D eigenvalue weighted by Crippen LogP contribution is 2.58. The summed E-state index contributed by atoms with van der Waals surface area (Å²) in [5.74, 6) is -1.72.